The van der Waals surface area contributed by atoms with E-state index >= 15 is 0 Å². The molecule has 0 atom stereocenters. The van der Waals surface area contributed by atoms with Crippen LogP contribution in [0.2, 0.25) is 0 Å². The molecule has 1 aliphatic carbocycles. The quantitative estimate of drug-likeness (QED) is 0.742. The van der Waals surface area contributed by atoms with E-state index in [4.69, 9.17) is 5.73 Å². The van der Waals surface area contributed by atoms with Crippen LogP contribution in [0.5, 0.6) is 0 Å². The van der Waals surface area contributed by atoms with E-state index < -0.39 is 0 Å². The molecule has 0 aromatic rings. The first kappa shape index (κ1) is 14.5. The number of rotatable bonds is 7. The molecule has 1 fully saturated rings. The normalized spacial score (nSPS) is 17.9. The van der Waals surface area contributed by atoms with Crippen molar-refractivity contribution in [1.82, 2.24) is 4.90 Å². The Labute approximate surface area is 106 Å². The second kappa shape index (κ2) is 6.39. The molecule has 0 aliphatic heterocycles. The van der Waals surface area contributed by atoms with Crippen molar-refractivity contribution in [3.05, 3.63) is 0 Å². The third-order valence-corrected chi connectivity index (χ3v) is 4.46. The van der Waals surface area contributed by atoms with Crippen LogP contribution in [0.3, 0.4) is 0 Å². The molecule has 0 spiro atoms. The first-order valence-electron chi connectivity index (χ1n) is 7.13. The fourth-order valence-electron chi connectivity index (χ4n) is 2.66. The van der Waals surface area contributed by atoms with E-state index in [9.17, 15) is 4.79 Å². The van der Waals surface area contributed by atoms with Crippen LogP contribution < -0.4 is 5.73 Å². The molecule has 0 unspecified atom stereocenters. The Morgan fingerprint density at radius 2 is 1.88 bits per heavy atom. The highest BCUT2D eigenvalue weighted by molar-refractivity contribution is 5.84. The fraction of sp³-hybridized carbons (Fsp3) is 0.929. The van der Waals surface area contributed by atoms with Gasteiger partial charge in [-0.2, -0.15) is 0 Å². The number of hydrogen-bond donors (Lipinski definition) is 1. The van der Waals surface area contributed by atoms with Crippen LogP contribution >= 0.6 is 0 Å². The zero-order valence-corrected chi connectivity index (χ0v) is 11.7. The predicted octanol–water partition coefficient (Wildman–Crippen LogP) is 2.40. The summed E-state index contributed by atoms with van der Waals surface area (Å²) in [5.74, 6) is 0.939. The molecule has 3 heteroatoms. The van der Waals surface area contributed by atoms with Gasteiger partial charge in [0, 0.05) is 19.6 Å². The monoisotopic (exact) mass is 240 g/mol. The molecular weight excluding hydrogens is 212 g/mol. The standard InChI is InChI=1S/C14H28N2O/c1-4-12(5-2)10-16(6-3)13(17)14(11-15)8-7-9-14/h12H,4-11,15H2,1-3H3. The maximum absolute atomic E-state index is 12.5. The molecule has 0 saturated heterocycles. The second-order valence-corrected chi connectivity index (χ2v) is 5.36. The molecule has 1 rings (SSSR count). The van der Waals surface area contributed by atoms with Gasteiger partial charge in [0.15, 0.2) is 0 Å². The van der Waals surface area contributed by atoms with Gasteiger partial charge in [0.25, 0.3) is 0 Å². The number of nitrogens with zero attached hydrogens (tertiary/aromatic N) is 1. The van der Waals surface area contributed by atoms with Gasteiger partial charge in [-0.3, -0.25) is 4.79 Å². The van der Waals surface area contributed by atoms with Crippen molar-refractivity contribution in [2.24, 2.45) is 17.1 Å². The van der Waals surface area contributed by atoms with Crippen molar-refractivity contribution in [1.29, 1.82) is 0 Å². The summed E-state index contributed by atoms with van der Waals surface area (Å²) < 4.78 is 0. The van der Waals surface area contributed by atoms with E-state index in [1.807, 2.05) is 4.90 Å². The molecule has 0 heterocycles. The average molecular weight is 240 g/mol. The number of amides is 1. The third-order valence-electron chi connectivity index (χ3n) is 4.46. The van der Waals surface area contributed by atoms with E-state index in [2.05, 4.69) is 20.8 Å². The van der Waals surface area contributed by atoms with E-state index in [1.165, 1.54) is 0 Å². The van der Waals surface area contributed by atoms with Gasteiger partial charge < -0.3 is 10.6 Å². The lowest BCUT2D eigenvalue weighted by atomic mass is 9.67. The number of hydrogen-bond acceptors (Lipinski definition) is 2. The lowest BCUT2D eigenvalue weighted by Gasteiger charge is -2.43. The van der Waals surface area contributed by atoms with E-state index in [1.54, 1.807) is 0 Å². The zero-order chi connectivity index (χ0) is 12.9. The van der Waals surface area contributed by atoms with E-state index in [0.29, 0.717) is 18.4 Å². The summed E-state index contributed by atoms with van der Waals surface area (Å²) in [6.07, 6.45) is 5.43. The summed E-state index contributed by atoms with van der Waals surface area (Å²) in [5.41, 5.74) is 5.60. The van der Waals surface area contributed by atoms with Gasteiger partial charge in [-0.25, -0.2) is 0 Å². The van der Waals surface area contributed by atoms with Crippen LogP contribution in [0.25, 0.3) is 0 Å². The first-order chi connectivity index (χ1) is 8.13. The van der Waals surface area contributed by atoms with Crippen LogP contribution in [-0.2, 0) is 4.79 Å². The van der Waals surface area contributed by atoms with Crippen LogP contribution in [-0.4, -0.2) is 30.4 Å². The molecule has 1 amide bonds. The Balaban J connectivity index is 2.63. The third kappa shape index (κ3) is 3.01. The van der Waals surface area contributed by atoms with Gasteiger partial charge in [-0.1, -0.05) is 33.1 Å². The number of carbonyl (C=O) groups excluding carboxylic acids is 1. The maximum atomic E-state index is 12.5. The molecule has 0 radical (unpaired) electrons. The molecule has 17 heavy (non-hydrogen) atoms. The number of carbonyl (C=O) groups is 1. The largest absolute Gasteiger partial charge is 0.342 e. The zero-order valence-electron chi connectivity index (χ0n) is 11.7. The highest BCUT2D eigenvalue weighted by Gasteiger charge is 2.44. The van der Waals surface area contributed by atoms with Crippen molar-refractivity contribution < 1.29 is 4.79 Å². The molecule has 100 valence electrons. The summed E-state index contributed by atoms with van der Waals surface area (Å²) in [7, 11) is 0. The molecule has 1 aliphatic rings. The van der Waals surface area contributed by atoms with Crippen LogP contribution in [0.15, 0.2) is 0 Å². The topological polar surface area (TPSA) is 46.3 Å². The van der Waals surface area contributed by atoms with Gasteiger partial charge in [-0.05, 0) is 25.7 Å². The minimum absolute atomic E-state index is 0.206. The van der Waals surface area contributed by atoms with Crippen LogP contribution in [0.4, 0.5) is 0 Å². The average Bonchev–Trinajstić information content (AvgIpc) is 2.30. The Kier molecular flexibility index (Phi) is 5.44. The van der Waals surface area contributed by atoms with E-state index in [0.717, 1.165) is 45.2 Å². The molecule has 0 aromatic carbocycles. The Hall–Kier alpha value is -0.570. The fourth-order valence-corrected chi connectivity index (χ4v) is 2.66. The van der Waals surface area contributed by atoms with Crippen molar-refractivity contribution in [2.75, 3.05) is 19.6 Å². The summed E-state index contributed by atoms with van der Waals surface area (Å²) in [5, 5.41) is 0. The summed E-state index contributed by atoms with van der Waals surface area (Å²) in [6.45, 7) is 8.72. The summed E-state index contributed by atoms with van der Waals surface area (Å²) in [4.78, 5) is 14.6. The molecule has 2 N–H and O–H groups in total. The first-order valence-corrected chi connectivity index (χ1v) is 7.13. The SMILES string of the molecule is CCC(CC)CN(CC)C(=O)C1(CN)CCC1. The van der Waals surface area contributed by atoms with Gasteiger partial charge in [0.1, 0.15) is 0 Å². The van der Waals surface area contributed by atoms with Gasteiger partial charge in [-0.15, -0.1) is 0 Å². The molecular formula is C14H28N2O. The molecule has 0 aromatic heterocycles. The number of nitrogens with two attached hydrogens (primary N) is 1. The van der Waals surface area contributed by atoms with E-state index in [-0.39, 0.29) is 5.41 Å². The highest BCUT2D eigenvalue weighted by atomic mass is 16.2. The Bertz CT molecular complexity index is 239. The Morgan fingerprint density at radius 1 is 1.29 bits per heavy atom. The summed E-state index contributed by atoms with van der Waals surface area (Å²) in [6, 6.07) is 0. The molecule has 0 bridgehead atoms. The van der Waals surface area contributed by atoms with Crippen molar-refractivity contribution in [2.45, 2.75) is 52.9 Å². The van der Waals surface area contributed by atoms with Crippen molar-refractivity contribution in [3.8, 4) is 0 Å². The maximum Gasteiger partial charge on any atom is 0.230 e. The predicted molar refractivity (Wildman–Crippen MR) is 71.7 cm³/mol. The van der Waals surface area contributed by atoms with Crippen molar-refractivity contribution in [3.63, 3.8) is 0 Å². The smallest absolute Gasteiger partial charge is 0.230 e. The minimum Gasteiger partial charge on any atom is -0.342 e. The minimum atomic E-state index is -0.206. The lowest BCUT2D eigenvalue weighted by molar-refractivity contribution is -0.147. The highest BCUT2D eigenvalue weighted by Crippen LogP contribution is 2.41. The van der Waals surface area contributed by atoms with Gasteiger partial charge in [0.05, 0.1) is 5.41 Å². The Morgan fingerprint density at radius 3 is 2.18 bits per heavy atom. The lowest BCUT2D eigenvalue weighted by Crippen LogP contribution is -2.52. The van der Waals surface area contributed by atoms with Crippen LogP contribution in [0, 0.1) is 11.3 Å². The molecule has 3 nitrogen and oxygen atoms in total. The second-order valence-electron chi connectivity index (χ2n) is 5.36. The van der Waals surface area contributed by atoms with Crippen LogP contribution in [0.1, 0.15) is 52.9 Å². The van der Waals surface area contributed by atoms with Crippen molar-refractivity contribution >= 4 is 5.91 Å². The molecule has 1 saturated carbocycles. The van der Waals surface area contributed by atoms with Gasteiger partial charge >= 0.3 is 0 Å². The summed E-state index contributed by atoms with van der Waals surface area (Å²) >= 11 is 0. The van der Waals surface area contributed by atoms with Gasteiger partial charge in [0.2, 0.25) is 5.91 Å².